The molecule has 1 saturated heterocycles. The average Bonchev–Trinajstić information content (AvgIpc) is 3.20. The smallest absolute Gasteiger partial charge is 0.319 e. The Kier molecular flexibility index (Phi) is 3.80. The van der Waals surface area contributed by atoms with Crippen molar-refractivity contribution in [2.45, 2.75) is 32.4 Å². The van der Waals surface area contributed by atoms with Crippen molar-refractivity contribution in [3.8, 4) is 11.4 Å². The molecule has 2 N–H and O–H groups in total. The minimum atomic E-state index is -0.166. The van der Waals surface area contributed by atoms with Crippen LogP contribution in [-0.2, 0) is 11.8 Å². The summed E-state index contributed by atoms with van der Waals surface area (Å²) in [6, 6.07) is 7.72. The van der Waals surface area contributed by atoms with Crippen LogP contribution in [0.3, 0.4) is 0 Å². The van der Waals surface area contributed by atoms with E-state index in [-0.39, 0.29) is 23.6 Å². The van der Waals surface area contributed by atoms with E-state index in [1.54, 1.807) is 6.20 Å². The summed E-state index contributed by atoms with van der Waals surface area (Å²) in [5.74, 6) is 1.30. The summed E-state index contributed by atoms with van der Waals surface area (Å²) in [4.78, 5) is 16.8. The molecule has 2 aromatic rings. The van der Waals surface area contributed by atoms with Gasteiger partial charge in [0.2, 0.25) is 0 Å². The van der Waals surface area contributed by atoms with Gasteiger partial charge in [-0.15, -0.1) is 0 Å². The van der Waals surface area contributed by atoms with Gasteiger partial charge < -0.3 is 19.9 Å². The zero-order valence-corrected chi connectivity index (χ0v) is 14.8. The average molecular weight is 340 g/mol. The van der Waals surface area contributed by atoms with E-state index in [1.165, 1.54) is 0 Å². The molecule has 0 radical (unpaired) electrons. The monoisotopic (exact) mass is 340 g/mol. The van der Waals surface area contributed by atoms with Gasteiger partial charge in [-0.3, -0.25) is 0 Å². The van der Waals surface area contributed by atoms with E-state index < -0.39 is 0 Å². The molecule has 6 nitrogen and oxygen atoms in total. The third-order valence-electron chi connectivity index (χ3n) is 5.59. The maximum Gasteiger partial charge on any atom is 0.319 e. The number of urea groups is 1. The number of benzene rings is 1. The number of aromatic nitrogens is 2. The van der Waals surface area contributed by atoms with Crippen LogP contribution in [0.2, 0.25) is 0 Å². The van der Waals surface area contributed by atoms with E-state index in [0.29, 0.717) is 5.92 Å². The van der Waals surface area contributed by atoms with Gasteiger partial charge in [0, 0.05) is 54.7 Å². The van der Waals surface area contributed by atoms with E-state index in [0.717, 1.165) is 30.1 Å². The first-order valence-electron chi connectivity index (χ1n) is 8.73. The molecule has 4 rings (SSSR count). The fraction of sp³-hybridized carbons (Fsp3) is 0.474. The number of hydrogen-bond donors (Lipinski definition) is 2. The summed E-state index contributed by atoms with van der Waals surface area (Å²) in [6.45, 7) is 5.11. The first kappa shape index (κ1) is 16.1. The van der Waals surface area contributed by atoms with Gasteiger partial charge in [-0.05, 0) is 18.6 Å². The first-order valence-corrected chi connectivity index (χ1v) is 8.73. The number of anilines is 1. The number of aryl methyl sites for hydroxylation is 1. The van der Waals surface area contributed by atoms with Crippen LogP contribution in [0, 0.1) is 11.3 Å². The number of ether oxygens (including phenoxy) is 1. The lowest BCUT2D eigenvalue weighted by Crippen LogP contribution is -2.67. The molecule has 0 bridgehead atoms. The van der Waals surface area contributed by atoms with Crippen LogP contribution in [0.5, 0.6) is 0 Å². The van der Waals surface area contributed by atoms with E-state index in [2.05, 4.69) is 29.5 Å². The molecule has 6 heteroatoms. The fourth-order valence-electron chi connectivity index (χ4n) is 4.31. The summed E-state index contributed by atoms with van der Waals surface area (Å²) in [7, 11) is 1.95. The number of amides is 2. The number of nitrogens with one attached hydrogen (secondary N) is 2. The number of imidazole rings is 1. The van der Waals surface area contributed by atoms with Crippen molar-refractivity contribution in [1.82, 2.24) is 14.9 Å². The van der Waals surface area contributed by atoms with E-state index in [9.17, 15) is 4.79 Å². The van der Waals surface area contributed by atoms with Gasteiger partial charge in [0.25, 0.3) is 0 Å². The Bertz CT molecular complexity index is 798. The predicted molar refractivity (Wildman–Crippen MR) is 96.2 cm³/mol. The van der Waals surface area contributed by atoms with E-state index in [1.807, 2.05) is 42.1 Å². The number of rotatable bonds is 3. The molecule has 0 spiro atoms. The number of fused-ring (bicyclic) bond motifs is 1. The Morgan fingerprint density at radius 3 is 3.00 bits per heavy atom. The normalized spacial score (nSPS) is 26.6. The maximum absolute atomic E-state index is 12.5. The molecule has 2 fully saturated rings. The largest absolute Gasteiger partial charge is 0.377 e. The first-order chi connectivity index (χ1) is 12.0. The second-order valence-electron chi connectivity index (χ2n) is 7.58. The van der Waals surface area contributed by atoms with Gasteiger partial charge >= 0.3 is 6.03 Å². The van der Waals surface area contributed by atoms with Gasteiger partial charge in [-0.1, -0.05) is 26.0 Å². The van der Waals surface area contributed by atoms with Crippen molar-refractivity contribution in [1.29, 1.82) is 0 Å². The van der Waals surface area contributed by atoms with Crippen LogP contribution in [0.1, 0.15) is 20.3 Å². The SMILES string of the molecule is Cn1ccnc1-c1cccc(NC(=O)N[C@@H]2[C@H]3CCO[C@@H]3C2(C)C)c1. The minimum absolute atomic E-state index is 0.0205. The topological polar surface area (TPSA) is 68.2 Å². The Hall–Kier alpha value is -2.34. The molecule has 25 heavy (non-hydrogen) atoms. The van der Waals surface area contributed by atoms with Crippen molar-refractivity contribution in [2.24, 2.45) is 18.4 Å². The van der Waals surface area contributed by atoms with Crippen LogP contribution < -0.4 is 10.6 Å². The molecular weight excluding hydrogens is 316 g/mol. The van der Waals surface area contributed by atoms with E-state index >= 15 is 0 Å². The summed E-state index contributed by atoms with van der Waals surface area (Å²) < 4.78 is 7.74. The molecule has 1 saturated carbocycles. The minimum Gasteiger partial charge on any atom is -0.377 e. The predicted octanol–water partition coefficient (Wildman–Crippen LogP) is 3.02. The van der Waals surface area contributed by atoms with Crippen molar-refractivity contribution < 1.29 is 9.53 Å². The number of carbonyl (C=O) groups excluding carboxylic acids is 1. The third kappa shape index (κ3) is 2.70. The number of nitrogens with zero attached hydrogens (tertiary/aromatic N) is 2. The summed E-state index contributed by atoms with van der Waals surface area (Å²) >= 11 is 0. The Labute approximate surface area is 147 Å². The van der Waals surface area contributed by atoms with Gasteiger partial charge in [-0.25, -0.2) is 9.78 Å². The summed E-state index contributed by atoms with van der Waals surface area (Å²) in [6.07, 6.45) is 4.96. The Morgan fingerprint density at radius 2 is 2.24 bits per heavy atom. The molecule has 1 aliphatic heterocycles. The molecule has 2 heterocycles. The molecule has 2 aliphatic rings. The van der Waals surface area contributed by atoms with Crippen LogP contribution >= 0.6 is 0 Å². The molecular formula is C19H24N4O2. The van der Waals surface area contributed by atoms with Crippen molar-refractivity contribution in [3.05, 3.63) is 36.7 Å². The fourth-order valence-corrected chi connectivity index (χ4v) is 4.31. The third-order valence-corrected chi connectivity index (χ3v) is 5.59. The van der Waals surface area contributed by atoms with E-state index in [4.69, 9.17) is 4.74 Å². The van der Waals surface area contributed by atoms with Gasteiger partial charge in [-0.2, -0.15) is 0 Å². The highest BCUT2D eigenvalue weighted by atomic mass is 16.5. The molecule has 1 aliphatic carbocycles. The summed E-state index contributed by atoms with van der Waals surface area (Å²) in [5.41, 5.74) is 1.71. The highest BCUT2D eigenvalue weighted by Crippen LogP contribution is 2.52. The number of carbonyl (C=O) groups is 1. The lowest BCUT2D eigenvalue weighted by atomic mass is 9.57. The molecule has 132 valence electrons. The molecule has 1 aromatic carbocycles. The molecule has 1 aromatic heterocycles. The second kappa shape index (κ2) is 5.88. The molecule has 0 unspecified atom stereocenters. The van der Waals surface area contributed by atoms with Crippen molar-refractivity contribution in [2.75, 3.05) is 11.9 Å². The Balaban J connectivity index is 1.44. The quantitative estimate of drug-likeness (QED) is 0.902. The van der Waals surface area contributed by atoms with Crippen molar-refractivity contribution in [3.63, 3.8) is 0 Å². The Morgan fingerprint density at radius 1 is 1.40 bits per heavy atom. The number of hydrogen-bond acceptors (Lipinski definition) is 3. The second-order valence-corrected chi connectivity index (χ2v) is 7.58. The molecule has 2 amide bonds. The lowest BCUT2D eigenvalue weighted by molar-refractivity contribution is -0.107. The zero-order chi connectivity index (χ0) is 17.6. The highest BCUT2D eigenvalue weighted by molar-refractivity contribution is 5.90. The van der Waals surface area contributed by atoms with Gasteiger partial charge in [0.15, 0.2) is 0 Å². The van der Waals surface area contributed by atoms with Gasteiger partial charge in [0.05, 0.1) is 6.10 Å². The van der Waals surface area contributed by atoms with Crippen LogP contribution in [0.25, 0.3) is 11.4 Å². The summed E-state index contributed by atoms with van der Waals surface area (Å²) in [5, 5.41) is 6.09. The van der Waals surface area contributed by atoms with Crippen LogP contribution in [0.15, 0.2) is 36.7 Å². The highest BCUT2D eigenvalue weighted by Gasteiger charge is 2.59. The van der Waals surface area contributed by atoms with Gasteiger partial charge in [0.1, 0.15) is 5.82 Å². The molecule has 3 atom stereocenters. The lowest BCUT2D eigenvalue weighted by Gasteiger charge is -2.54. The van der Waals surface area contributed by atoms with Crippen LogP contribution in [0.4, 0.5) is 10.5 Å². The standard InChI is InChI=1S/C19H24N4O2/c1-19(2)15(14-7-10-25-16(14)19)22-18(24)21-13-6-4-5-12(11-13)17-20-8-9-23(17)3/h4-6,8-9,11,14-16H,7,10H2,1-3H3,(H2,21,22,24)/t14-,15-,16+/m1/s1. The maximum atomic E-state index is 12.5. The zero-order valence-electron chi connectivity index (χ0n) is 14.8. The van der Waals surface area contributed by atoms with Crippen LogP contribution in [-0.4, -0.2) is 34.3 Å². The van der Waals surface area contributed by atoms with Crippen molar-refractivity contribution >= 4 is 11.7 Å².